The van der Waals surface area contributed by atoms with Crippen LogP contribution in [0.2, 0.25) is 5.02 Å². The second-order valence-corrected chi connectivity index (χ2v) is 9.22. The molecule has 1 atom stereocenters. The molecule has 2 aromatic carbocycles. The first-order valence-corrected chi connectivity index (χ1v) is 11.5. The van der Waals surface area contributed by atoms with E-state index in [1.54, 1.807) is 0 Å². The maximum absolute atomic E-state index is 6.11. The quantitative estimate of drug-likeness (QED) is 0.406. The number of piperazine rings is 1. The zero-order valence-electron chi connectivity index (χ0n) is 19.0. The third kappa shape index (κ3) is 3.71. The van der Waals surface area contributed by atoms with Crippen molar-refractivity contribution < 1.29 is 0 Å². The number of fused-ring (bicyclic) bond motifs is 1. The van der Waals surface area contributed by atoms with Crippen LogP contribution in [0.3, 0.4) is 0 Å². The lowest BCUT2D eigenvalue weighted by atomic mass is 10.1. The van der Waals surface area contributed by atoms with Crippen LogP contribution in [0.4, 0.5) is 11.5 Å². The maximum Gasteiger partial charge on any atom is 0.165 e. The third-order valence-electron chi connectivity index (χ3n) is 6.29. The number of aryl methyl sites for hydroxylation is 3. The largest absolute Gasteiger partial charge is 0.365 e. The summed E-state index contributed by atoms with van der Waals surface area (Å²) in [5.41, 5.74) is 7.61. The van der Waals surface area contributed by atoms with Crippen LogP contribution in [-0.4, -0.2) is 40.3 Å². The number of benzene rings is 2. The van der Waals surface area contributed by atoms with Crippen LogP contribution >= 0.6 is 11.6 Å². The van der Waals surface area contributed by atoms with Crippen molar-refractivity contribution in [3.8, 4) is 11.1 Å². The Morgan fingerprint density at radius 1 is 0.969 bits per heavy atom. The lowest BCUT2D eigenvalue weighted by Crippen LogP contribution is -2.52. The molecular weight excluding hydrogens is 418 g/mol. The van der Waals surface area contributed by atoms with Crippen molar-refractivity contribution in [1.82, 2.24) is 14.6 Å². The fourth-order valence-electron chi connectivity index (χ4n) is 4.76. The molecular formula is C26H28ClN5. The van der Waals surface area contributed by atoms with Gasteiger partial charge >= 0.3 is 0 Å². The molecule has 2 aromatic heterocycles. The number of hydrogen-bond donors (Lipinski definition) is 0. The topological polar surface area (TPSA) is 36.7 Å². The summed E-state index contributed by atoms with van der Waals surface area (Å²) < 4.78 is 2.02. The van der Waals surface area contributed by atoms with Crippen LogP contribution in [-0.2, 0) is 0 Å². The van der Waals surface area contributed by atoms with Gasteiger partial charge in [0.15, 0.2) is 5.65 Å². The van der Waals surface area contributed by atoms with Gasteiger partial charge < -0.3 is 9.80 Å². The van der Waals surface area contributed by atoms with E-state index in [0.29, 0.717) is 6.04 Å². The minimum atomic E-state index is 0.390. The van der Waals surface area contributed by atoms with Crippen molar-refractivity contribution in [3.05, 3.63) is 76.6 Å². The monoisotopic (exact) mass is 445 g/mol. The van der Waals surface area contributed by atoms with Gasteiger partial charge in [-0.25, -0.2) is 4.98 Å². The first-order chi connectivity index (χ1) is 15.4. The average Bonchev–Trinajstić information content (AvgIpc) is 3.09. The van der Waals surface area contributed by atoms with E-state index >= 15 is 0 Å². The molecule has 0 unspecified atom stereocenters. The highest BCUT2D eigenvalue weighted by molar-refractivity contribution is 6.30. The molecule has 0 bridgehead atoms. The van der Waals surface area contributed by atoms with Crippen molar-refractivity contribution in [3.63, 3.8) is 0 Å². The van der Waals surface area contributed by atoms with E-state index < -0.39 is 0 Å². The van der Waals surface area contributed by atoms with Gasteiger partial charge in [0, 0.05) is 53.7 Å². The molecule has 4 aromatic rings. The van der Waals surface area contributed by atoms with Gasteiger partial charge in [-0.2, -0.15) is 9.61 Å². The summed E-state index contributed by atoms with van der Waals surface area (Å²) in [6, 6.07) is 19.2. The van der Waals surface area contributed by atoms with Gasteiger partial charge in [-0.1, -0.05) is 35.9 Å². The summed E-state index contributed by atoms with van der Waals surface area (Å²) in [7, 11) is 0. The fraction of sp³-hybridized carbons (Fsp3) is 0.308. The first-order valence-electron chi connectivity index (χ1n) is 11.1. The molecule has 0 N–H and O–H groups in total. The summed E-state index contributed by atoms with van der Waals surface area (Å²) in [5.74, 6) is 1.10. The molecule has 5 nitrogen and oxygen atoms in total. The zero-order chi connectivity index (χ0) is 22.4. The van der Waals surface area contributed by atoms with Crippen LogP contribution in [0.1, 0.15) is 23.9 Å². The Balaban J connectivity index is 1.51. The molecule has 0 spiro atoms. The maximum atomic E-state index is 6.11. The second-order valence-electron chi connectivity index (χ2n) is 8.79. The normalized spacial score (nSPS) is 16.7. The molecule has 0 saturated carbocycles. The molecule has 32 heavy (non-hydrogen) atoms. The average molecular weight is 446 g/mol. The van der Waals surface area contributed by atoms with Crippen LogP contribution in [0, 0.1) is 20.8 Å². The van der Waals surface area contributed by atoms with Crippen molar-refractivity contribution in [1.29, 1.82) is 0 Å². The van der Waals surface area contributed by atoms with E-state index in [9.17, 15) is 0 Å². The number of nitrogens with zero attached hydrogens (tertiary/aromatic N) is 5. The van der Waals surface area contributed by atoms with Gasteiger partial charge in [0.1, 0.15) is 5.82 Å². The Kier molecular flexibility index (Phi) is 5.30. The van der Waals surface area contributed by atoms with Gasteiger partial charge in [0.2, 0.25) is 0 Å². The number of hydrogen-bond acceptors (Lipinski definition) is 4. The Morgan fingerprint density at radius 3 is 2.47 bits per heavy atom. The van der Waals surface area contributed by atoms with Gasteiger partial charge in [-0.05, 0) is 63.1 Å². The summed E-state index contributed by atoms with van der Waals surface area (Å²) in [5, 5.41) is 5.64. The van der Waals surface area contributed by atoms with E-state index in [0.717, 1.165) is 58.6 Å². The van der Waals surface area contributed by atoms with Crippen LogP contribution in [0.25, 0.3) is 16.8 Å². The smallest absolute Gasteiger partial charge is 0.165 e. The van der Waals surface area contributed by atoms with Crippen molar-refractivity contribution in [2.75, 3.05) is 29.4 Å². The van der Waals surface area contributed by atoms with E-state index in [2.05, 4.69) is 67.8 Å². The SMILES string of the molecule is Cc1cccc(N2CCN(c3cc(C)nc4c(-c5ccc(Cl)cc5)c(C)nn34)C[C@@H]2C)c1. The lowest BCUT2D eigenvalue weighted by Gasteiger charge is -2.42. The minimum absolute atomic E-state index is 0.390. The van der Waals surface area contributed by atoms with Crippen LogP contribution < -0.4 is 9.80 Å². The van der Waals surface area contributed by atoms with E-state index in [1.165, 1.54) is 11.3 Å². The second kappa shape index (κ2) is 8.14. The number of aromatic nitrogens is 3. The fourth-order valence-corrected chi connectivity index (χ4v) is 4.89. The van der Waals surface area contributed by atoms with Crippen molar-refractivity contribution >= 4 is 28.8 Å². The molecule has 3 heterocycles. The molecule has 0 amide bonds. The Hall–Kier alpha value is -3.05. The minimum Gasteiger partial charge on any atom is -0.365 e. The Morgan fingerprint density at radius 2 is 1.75 bits per heavy atom. The summed E-state index contributed by atoms with van der Waals surface area (Å²) >= 11 is 6.11. The van der Waals surface area contributed by atoms with Gasteiger partial charge in [0.25, 0.3) is 0 Å². The molecule has 6 heteroatoms. The highest BCUT2D eigenvalue weighted by Crippen LogP contribution is 2.32. The Labute approximate surface area is 194 Å². The third-order valence-corrected chi connectivity index (χ3v) is 6.54. The summed E-state index contributed by atoms with van der Waals surface area (Å²) in [4.78, 5) is 9.82. The number of anilines is 2. The molecule has 0 radical (unpaired) electrons. The Bertz CT molecular complexity index is 1280. The molecule has 164 valence electrons. The molecule has 0 aliphatic carbocycles. The van der Waals surface area contributed by atoms with Gasteiger partial charge in [0.05, 0.1) is 5.69 Å². The predicted octanol–water partition coefficient (Wildman–Crippen LogP) is 5.69. The molecule has 1 aliphatic rings. The molecule has 1 fully saturated rings. The van der Waals surface area contributed by atoms with E-state index in [4.69, 9.17) is 21.7 Å². The zero-order valence-corrected chi connectivity index (χ0v) is 19.8. The molecule has 5 rings (SSSR count). The number of rotatable bonds is 3. The predicted molar refractivity (Wildman–Crippen MR) is 133 cm³/mol. The van der Waals surface area contributed by atoms with E-state index in [1.807, 2.05) is 28.8 Å². The standard InChI is InChI=1S/C26H28ClN5/c1-17-6-5-7-23(14-17)31-13-12-30(16-19(31)3)24-15-18(2)28-26-25(20(4)29-32(24)26)21-8-10-22(27)11-9-21/h5-11,14-15,19H,12-13,16H2,1-4H3/t19-/m0/s1. The lowest BCUT2D eigenvalue weighted by molar-refractivity contribution is 0.543. The summed E-state index contributed by atoms with van der Waals surface area (Å²) in [6.07, 6.45) is 0. The number of halogens is 1. The highest BCUT2D eigenvalue weighted by atomic mass is 35.5. The van der Waals surface area contributed by atoms with Crippen LogP contribution in [0.5, 0.6) is 0 Å². The van der Waals surface area contributed by atoms with E-state index in [-0.39, 0.29) is 0 Å². The first kappa shape index (κ1) is 20.8. The highest BCUT2D eigenvalue weighted by Gasteiger charge is 2.27. The summed E-state index contributed by atoms with van der Waals surface area (Å²) in [6.45, 7) is 11.4. The molecule has 1 aliphatic heterocycles. The van der Waals surface area contributed by atoms with Gasteiger partial charge in [-0.3, -0.25) is 0 Å². The van der Waals surface area contributed by atoms with Crippen molar-refractivity contribution in [2.24, 2.45) is 0 Å². The molecule has 1 saturated heterocycles. The van der Waals surface area contributed by atoms with Gasteiger partial charge in [-0.15, -0.1) is 0 Å². The van der Waals surface area contributed by atoms with Crippen LogP contribution in [0.15, 0.2) is 54.6 Å². The van der Waals surface area contributed by atoms with Crippen molar-refractivity contribution in [2.45, 2.75) is 33.7 Å².